The zero-order valence-corrected chi connectivity index (χ0v) is 19.8. The number of aromatic amines is 1. The number of nitrogens with one attached hydrogen (secondary N) is 2. The molecule has 4 rings (SSSR count). The maximum atomic E-state index is 13.0. The molecule has 180 valence electrons. The van der Waals surface area contributed by atoms with Crippen LogP contribution in [0.25, 0.3) is 10.9 Å². The van der Waals surface area contributed by atoms with Gasteiger partial charge in [-0.15, -0.1) is 0 Å². The Morgan fingerprint density at radius 1 is 0.886 bits per heavy atom. The van der Waals surface area contributed by atoms with Crippen LogP contribution in [0.3, 0.4) is 0 Å². The predicted molar refractivity (Wildman–Crippen MR) is 136 cm³/mol. The molecule has 0 saturated carbocycles. The van der Waals surface area contributed by atoms with Crippen molar-refractivity contribution in [3.8, 4) is 0 Å². The number of alkyl carbamates (subject to hydrolysis) is 1. The molecule has 6 heteroatoms. The van der Waals surface area contributed by atoms with Crippen LogP contribution in [0.15, 0.2) is 91.1 Å². The van der Waals surface area contributed by atoms with Crippen LogP contribution in [0.1, 0.15) is 36.0 Å². The zero-order chi connectivity index (χ0) is 24.5. The molecule has 0 aliphatic heterocycles. The second kappa shape index (κ2) is 11.9. The van der Waals surface area contributed by atoms with Gasteiger partial charge in [0.15, 0.2) is 0 Å². The highest BCUT2D eigenvalue weighted by Crippen LogP contribution is 2.20. The fourth-order valence-corrected chi connectivity index (χ4v) is 4.00. The summed E-state index contributed by atoms with van der Waals surface area (Å²) < 4.78 is 11.0. The van der Waals surface area contributed by atoms with E-state index in [1.165, 1.54) is 5.56 Å². The first-order chi connectivity index (χ1) is 17.1. The van der Waals surface area contributed by atoms with Crippen LogP contribution in [0.2, 0.25) is 0 Å². The zero-order valence-electron chi connectivity index (χ0n) is 19.8. The maximum absolute atomic E-state index is 13.0. The molecule has 4 aromatic rings. The van der Waals surface area contributed by atoms with Gasteiger partial charge in [-0.2, -0.15) is 0 Å². The number of carbonyl (C=O) groups excluding carboxylic acids is 2. The van der Waals surface area contributed by atoms with Crippen LogP contribution in [-0.2, 0) is 27.3 Å². The highest BCUT2D eigenvalue weighted by atomic mass is 16.6. The molecule has 2 unspecified atom stereocenters. The van der Waals surface area contributed by atoms with Gasteiger partial charge in [-0.3, -0.25) is 0 Å². The number of carbonyl (C=O) groups is 2. The van der Waals surface area contributed by atoms with Gasteiger partial charge in [0.05, 0.1) is 6.61 Å². The molecule has 0 aliphatic carbocycles. The standard InChI is InChI=1S/C29H30N2O4/c1-21(23-12-6-3-7-13-23)16-17-34-29(33)31-27(28(32)35-20-22-10-4-2-5-11-22)18-24-19-30-26-15-9-8-14-25(24)26/h2-15,19,21,27,30H,16-18,20H2,1H3,(H,31,33). The van der Waals surface area contributed by atoms with Crippen LogP contribution in [-0.4, -0.2) is 29.7 Å². The lowest BCUT2D eigenvalue weighted by atomic mass is 9.98. The van der Waals surface area contributed by atoms with Crippen LogP contribution in [0.5, 0.6) is 0 Å². The molecule has 0 fully saturated rings. The summed E-state index contributed by atoms with van der Waals surface area (Å²) in [6.07, 6.45) is 2.19. The van der Waals surface area contributed by atoms with Crippen molar-refractivity contribution < 1.29 is 19.1 Å². The summed E-state index contributed by atoms with van der Waals surface area (Å²) >= 11 is 0. The van der Waals surface area contributed by atoms with E-state index in [1.54, 1.807) is 0 Å². The SMILES string of the molecule is CC(CCOC(=O)NC(Cc1c[nH]c2ccccc12)C(=O)OCc1ccccc1)c1ccccc1. The van der Waals surface area contributed by atoms with Crippen LogP contribution in [0, 0.1) is 0 Å². The fourth-order valence-electron chi connectivity index (χ4n) is 4.00. The monoisotopic (exact) mass is 470 g/mol. The van der Waals surface area contributed by atoms with E-state index in [9.17, 15) is 9.59 Å². The Morgan fingerprint density at radius 2 is 1.57 bits per heavy atom. The van der Waals surface area contributed by atoms with Gasteiger partial charge in [-0.05, 0) is 35.1 Å². The Labute approximate surface area is 205 Å². The summed E-state index contributed by atoms with van der Waals surface area (Å²) in [4.78, 5) is 28.8. The molecule has 2 atom stereocenters. The van der Waals surface area contributed by atoms with Gasteiger partial charge in [0.1, 0.15) is 12.6 Å². The summed E-state index contributed by atoms with van der Waals surface area (Å²) in [5, 5.41) is 3.72. The second-order valence-electron chi connectivity index (χ2n) is 8.59. The lowest BCUT2D eigenvalue weighted by Crippen LogP contribution is -2.43. The molecule has 3 aromatic carbocycles. The molecular weight excluding hydrogens is 440 g/mol. The average Bonchev–Trinajstić information content (AvgIpc) is 3.30. The Morgan fingerprint density at radius 3 is 2.34 bits per heavy atom. The molecule has 1 amide bonds. The number of esters is 1. The predicted octanol–water partition coefficient (Wildman–Crippen LogP) is 5.74. The smallest absolute Gasteiger partial charge is 0.407 e. The summed E-state index contributed by atoms with van der Waals surface area (Å²) in [6.45, 7) is 2.48. The second-order valence-corrected chi connectivity index (χ2v) is 8.59. The van der Waals surface area contributed by atoms with Gasteiger partial charge in [0.25, 0.3) is 0 Å². The number of ether oxygens (including phenoxy) is 2. The lowest BCUT2D eigenvalue weighted by molar-refractivity contribution is -0.147. The third-order valence-corrected chi connectivity index (χ3v) is 6.05. The molecule has 35 heavy (non-hydrogen) atoms. The number of H-pyrrole nitrogens is 1. The van der Waals surface area contributed by atoms with Gasteiger partial charge < -0.3 is 19.8 Å². The molecule has 0 aliphatic rings. The number of rotatable bonds is 10. The van der Waals surface area contributed by atoms with Crippen molar-refractivity contribution in [1.29, 1.82) is 0 Å². The van der Waals surface area contributed by atoms with E-state index in [4.69, 9.17) is 9.47 Å². The van der Waals surface area contributed by atoms with E-state index in [2.05, 4.69) is 29.4 Å². The Balaban J connectivity index is 1.38. The largest absolute Gasteiger partial charge is 0.459 e. The van der Waals surface area contributed by atoms with Gasteiger partial charge >= 0.3 is 12.1 Å². The summed E-state index contributed by atoms with van der Waals surface area (Å²) in [7, 11) is 0. The number of fused-ring (bicyclic) bond motifs is 1. The quantitative estimate of drug-likeness (QED) is 0.290. The van der Waals surface area contributed by atoms with Gasteiger partial charge in [-0.25, -0.2) is 9.59 Å². The highest BCUT2D eigenvalue weighted by molar-refractivity contribution is 5.86. The van der Waals surface area contributed by atoms with Crippen molar-refractivity contribution in [3.05, 3.63) is 108 Å². The average molecular weight is 471 g/mol. The molecule has 0 bridgehead atoms. The van der Waals surface area contributed by atoms with Crippen LogP contribution in [0.4, 0.5) is 4.79 Å². The summed E-state index contributed by atoms with van der Waals surface area (Å²) in [6, 6.07) is 26.5. The van der Waals surface area contributed by atoms with E-state index in [0.29, 0.717) is 6.42 Å². The van der Waals surface area contributed by atoms with E-state index in [-0.39, 0.29) is 25.6 Å². The minimum atomic E-state index is -0.878. The van der Waals surface area contributed by atoms with Gasteiger partial charge in [0, 0.05) is 23.5 Å². The van der Waals surface area contributed by atoms with E-state index >= 15 is 0 Å². The maximum Gasteiger partial charge on any atom is 0.407 e. The van der Waals surface area contributed by atoms with E-state index < -0.39 is 18.1 Å². The third-order valence-electron chi connectivity index (χ3n) is 6.05. The topological polar surface area (TPSA) is 80.4 Å². The Hall–Kier alpha value is -4.06. The fraction of sp³-hybridized carbons (Fsp3) is 0.241. The van der Waals surface area contributed by atoms with Crippen molar-refractivity contribution in [1.82, 2.24) is 10.3 Å². The molecule has 1 aromatic heterocycles. The third kappa shape index (κ3) is 6.73. The number of para-hydroxylation sites is 1. The first-order valence-corrected chi connectivity index (χ1v) is 11.8. The molecule has 0 saturated heterocycles. The van der Waals surface area contributed by atoms with Crippen molar-refractivity contribution >= 4 is 23.0 Å². The normalized spacial score (nSPS) is 12.6. The molecular formula is C29H30N2O4. The molecule has 2 N–H and O–H groups in total. The minimum absolute atomic E-state index is 0.134. The highest BCUT2D eigenvalue weighted by Gasteiger charge is 2.25. The number of hydrogen-bond donors (Lipinski definition) is 2. The molecule has 0 radical (unpaired) electrons. The molecule has 6 nitrogen and oxygen atoms in total. The Bertz CT molecular complexity index is 1240. The Kier molecular flexibility index (Phi) is 8.17. The number of aromatic nitrogens is 1. The van der Waals surface area contributed by atoms with Crippen LogP contribution >= 0.6 is 0 Å². The van der Waals surface area contributed by atoms with Crippen molar-refractivity contribution in [2.45, 2.75) is 38.3 Å². The lowest BCUT2D eigenvalue weighted by Gasteiger charge is -2.18. The van der Waals surface area contributed by atoms with Crippen molar-refractivity contribution in [3.63, 3.8) is 0 Å². The van der Waals surface area contributed by atoms with Crippen molar-refractivity contribution in [2.75, 3.05) is 6.61 Å². The molecule has 1 heterocycles. The summed E-state index contributed by atoms with van der Waals surface area (Å²) in [5.74, 6) is -0.254. The first kappa shape index (κ1) is 24.1. The molecule has 0 spiro atoms. The number of hydrogen-bond acceptors (Lipinski definition) is 4. The number of benzene rings is 3. The number of amides is 1. The van der Waals surface area contributed by atoms with Gasteiger partial charge in [-0.1, -0.05) is 85.8 Å². The van der Waals surface area contributed by atoms with E-state index in [0.717, 1.165) is 22.0 Å². The first-order valence-electron chi connectivity index (χ1n) is 11.8. The van der Waals surface area contributed by atoms with Crippen molar-refractivity contribution in [2.24, 2.45) is 0 Å². The minimum Gasteiger partial charge on any atom is -0.459 e. The summed E-state index contributed by atoms with van der Waals surface area (Å²) in [5.41, 5.74) is 3.96. The van der Waals surface area contributed by atoms with Gasteiger partial charge in [0.2, 0.25) is 0 Å². The van der Waals surface area contributed by atoms with Crippen LogP contribution < -0.4 is 5.32 Å². The van der Waals surface area contributed by atoms with E-state index in [1.807, 2.05) is 79.0 Å².